The molecule has 0 aliphatic heterocycles. The fraction of sp³-hybridized carbons (Fsp3) is 0.533. The quantitative estimate of drug-likeness (QED) is 0.868. The van der Waals surface area contributed by atoms with Gasteiger partial charge in [-0.1, -0.05) is 19.1 Å². The second kappa shape index (κ2) is 5.72. The molecular weight excluding hydrogens is 238 g/mol. The Morgan fingerprint density at radius 2 is 2.11 bits per heavy atom. The molecular formula is C15H23N3O. The van der Waals surface area contributed by atoms with Crippen LogP contribution in [0.25, 0.3) is 11.0 Å². The Bertz CT molecular complexity index is 545. The number of nitrogens with zero attached hydrogens (tertiary/aromatic N) is 2. The van der Waals surface area contributed by atoms with Crippen LogP contribution in [-0.4, -0.2) is 28.8 Å². The standard InChI is InChI=1S/C15H23N3O/c1-4-9-18-13-8-6-5-7-12(13)17-14(18)10-15(2,16)11-19-3/h5-8H,4,9-11,16H2,1-3H3. The van der Waals surface area contributed by atoms with Gasteiger partial charge in [-0.3, -0.25) is 0 Å². The largest absolute Gasteiger partial charge is 0.383 e. The fourth-order valence-electron chi connectivity index (χ4n) is 2.48. The van der Waals surface area contributed by atoms with E-state index in [-0.39, 0.29) is 5.54 Å². The number of hydrogen-bond acceptors (Lipinski definition) is 3. The molecule has 2 rings (SSSR count). The minimum atomic E-state index is -0.387. The van der Waals surface area contributed by atoms with Crippen LogP contribution < -0.4 is 5.73 Å². The molecule has 0 saturated heterocycles. The molecule has 1 heterocycles. The number of imidazole rings is 1. The Morgan fingerprint density at radius 3 is 2.79 bits per heavy atom. The summed E-state index contributed by atoms with van der Waals surface area (Å²) >= 11 is 0. The van der Waals surface area contributed by atoms with Gasteiger partial charge in [-0.05, 0) is 25.5 Å². The van der Waals surface area contributed by atoms with Crippen LogP contribution in [0.4, 0.5) is 0 Å². The van der Waals surface area contributed by atoms with Crippen molar-refractivity contribution >= 4 is 11.0 Å². The highest BCUT2D eigenvalue weighted by Crippen LogP contribution is 2.19. The van der Waals surface area contributed by atoms with E-state index in [9.17, 15) is 0 Å². The minimum absolute atomic E-state index is 0.387. The third kappa shape index (κ3) is 3.14. The van der Waals surface area contributed by atoms with Gasteiger partial charge in [0, 0.05) is 25.6 Å². The maximum atomic E-state index is 6.27. The SMILES string of the molecule is CCCn1c(CC(C)(N)COC)nc2ccccc21. The van der Waals surface area contributed by atoms with Crippen LogP contribution in [0.1, 0.15) is 26.1 Å². The molecule has 2 N–H and O–H groups in total. The van der Waals surface area contributed by atoms with E-state index in [1.807, 2.05) is 13.0 Å². The normalized spacial score (nSPS) is 14.7. The second-order valence-electron chi connectivity index (χ2n) is 5.43. The summed E-state index contributed by atoms with van der Waals surface area (Å²) in [5.41, 5.74) is 8.11. The van der Waals surface area contributed by atoms with Crippen LogP contribution in [0.2, 0.25) is 0 Å². The Balaban J connectivity index is 2.38. The smallest absolute Gasteiger partial charge is 0.111 e. The first-order valence-electron chi connectivity index (χ1n) is 6.79. The lowest BCUT2D eigenvalue weighted by molar-refractivity contribution is 0.139. The van der Waals surface area contributed by atoms with Gasteiger partial charge in [0.25, 0.3) is 0 Å². The van der Waals surface area contributed by atoms with Crippen LogP contribution in [0.15, 0.2) is 24.3 Å². The Morgan fingerprint density at radius 1 is 1.37 bits per heavy atom. The van der Waals surface area contributed by atoms with Crippen molar-refractivity contribution in [2.45, 2.75) is 38.8 Å². The molecule has 1 atom stereocenters. The van der Waals surface area contributed by atoms with Crippen LogP contribution in [0, 0.1) is 0 Å². The first-order valence-corrected chi connectivity index (χ1v) is 6.79. The summed E-state index contributed by atoms with van der Waals surface area (Å²) in [4.78, 5) is 4.73. The molecule has 0 bridgehead atoms. The Kier molecular flexibility index (Phi) is 4.22. The molecule has 1 aromatic heterocycles. The van der Waals surface area contributed by atoms with Crippen molar-refractivity contribution in [3.05, 3.63) is 30.1 Å². The van der Waals surface area contributed by atoms with Crippen LogP contribution in [0.5, 0.6) is 0 Å². The number of para-hydroxylation sites is 2. The van der Waals surface area contributed by atoms with E-state index in [0.29, 0.717) is 6.61 Å². The number of methoxy groups -OCH3 is 1. The summed E-state index contributed by atoms with van der Waals surface area (Å²) in [6.07, 6.45) is 1.80. The molecule has 0 aliphatic carbocycles. The van der Waals surface area contributed by atoms with Crippen molar-refractivity contribution in [1.29, 1.82) is 0 Å². The van der Waals surface area contributed by atoms with Crippen LogP contribution in [-0.2, 0) is 17.7 Å². The highest BCUT2D eigenvalue weighted by atomic mass is 16.5. The van der Waals surface area contributed by atoms with Gasteiger partial charge in [0.2, 0.25) is 0 Å². The number of benzene rings is 1. The van der Waals surface area contributed by atoms with E-state index < -0.39 is 0 Å². The number of aromatic nitrogens is 2. The molecule has 0 spiro atoms. The molecule has 2 aromatic rings. The van der Waals surface area contributed by atoms with Crippen molar-refractivity contribution in [2.24, 2.45) is 5.73 Å². The lowest BCUT2D eigenvalue weighted by Crippen LogP contribution is -2.43. The first kappa shape index (κ1) is 14.0. The van der Waals surface area contributed by atoms with Gasteiger partial charge in [-0.15, -0.1) is 0 Å². The summed E-state index contributed by atoms with van der Waals surface area (Å²) in [7, 11) is 1.68. The molecule has 4 heteroatoms. The average molecular weight is 261 g/mol. The zero-order valence-electron chi connectivity index (χ0n) is 12.0. The number of hydrogen-bond donors (Lipinski definition) is 1. The Labute approximate surface area is 114 Å². The zero-order chi connectivity index (χ0) is 13.9. The molecule has 0 saturated carbocycles. The van der Waals surface area contributed by atoms with Crippen LogP contribution in [0.3, 0.4) is 0 Å². The van der Waals surface area contributed by atoms with E-state index >= 15 is 0 Å². The third-order valence-corrected chi connectivity index (χ3v) is 3.22. The lowest BCUT2D eigenvalue weighted by atomic mass is 10.0. The average Bonchev–Trinajstić information content (AvgIpc) is 2.67. The molecule has 1 aromatic carbocycles. The number of rotatable bonds is 6. The van der Waals surface area contributed by atoms with Gasteiger partial charge in [0.15, 0.2) is 0 Å². The topological polar surface area (TPSA) is 53.1 Å². The molecule has 1 unspecified atom stereocenters. The molecule has 0 radical (unpaired) electrons. The minimum Gasteiger partial charge on any atom is -0.383 e. The van der Waals surface area contributed by atoms with E-state index in [1.54, 1.807) is 7.11 Å². The maximum Gasteiger partial charge on any atom is 0.111 e. The molecule has 19 heavy (non-hydrogen) atoms. The summed E-state index contributed by atoms with van der Waals surface area (Å²) in [6, 6.07) is 8.24. The van der Waals surface area contributed by atoms with Gasteiger partial charge in [-0.25, -0.2) is 4.98 Å². The van der Waals surface area contributed by atoms with Crippen molar-refractivity contribution in [2.75, 3.05) is 13.7 Å². The maximum absolute atomic E-state index is 6.27. The molecule has 0 amide bonds. The van der Waals surface area contributed by atoms with E-state index in [1.165, 1.54) is 5.52 Å². The highest BCUT2D eigenvalue weighted by Gasteiger charge is 2.22. The van der Waals surface area contributed by atoms with Gasteiger partial charge in [-0.2, -0.15) is 0 Å². The lowest BCUT2D eigenvalue weighted by Gasteiger charge is -2.23. The monoisotopic (exact) mass is 261 g/mol. The van der Waals surface area contributed by atoms with E-state index in [4.69, 9.17) is 15.5 Å². The van der Waals surface area contributed by atoms with E-state index in [0.717, 1.165) is 30.7 Å². The highest BCUT2D eigenvalue weighted by molar-refractivity contribution is 5.75. The van der Waals surface area contributed by atoms with Gasteiger partial charge in [0.1, 0.15) is 5.82 Å². The summed E-state index contributed by atoms with van der Waals surface area (Å²) in [5.74, 6) is 1.05. The van der Waals surface area contributed by atoms with Gasteiger partial charge >= 0.3 is 0 Å². The molecule has 0 aliphatic rings. The van der Waals surface area contributed by atoms with E-state index in [2.05, 4.69) is 29.7 Å². The summed E-state index contributed by atoms with van der Waals surface area (Å²) in [6.45, 7) is 5.68. The second-order valence-corrected chi connectivity index (χ2v) is 5.43. The molecule has 104 valence electrons. The number of aryl methyl sites for hydroxylation is 1. The van der Waals surface area contributed by atoms with Crippen molar-refractivity contribution in [1.82, 2.24) is 9.55 Å². The van der Waals surface area contributed by atoms with Crippen molar-refractivity contribution in [3.63, 3.8) is 0 Å². The predicted molar refractivity (Wildman–Crippen MR) is 78.2 cm³/mol. The number of ether oxygens (including phenoxy) is 1. The predicted octanol–water partition coefficient (Wildman–Crippen LogP) is 2.35. The third-order valence-electron chi connectivity index (χ3n) is 3.22. The first-order chi connectivity index (χ1) is 9.07. The molecule has 0 fully saturated rings. The Hall–Kier alpha value is -1.39. The number of nitrogens with two attached hydrogens (primary N) is 1. The summed E-state index contributed by atoms with van der Waals surface area (Å²) in [5, 5.41) is 0. The zero-order valence-corrected chi connectivity index (χ0v) is 12.0. The van der Waals surface area contributed by atoms with Gasteiger partial charge in [0.05, 0.1) is 17.6 Å². The number of fused-ring (bicyclic) bond motifs is 1. The molecule has 4 nitrogen and oxygen atoms in total. The summed E-state index contributed by atoms with van der Waals surface area (Å²) < 4.78 is 7.46. The van der Waals surface area contributed by atoms with Gasteiger partial charge < -0.3 is 15.0 Å². The van der Waals surface area contributed by atoms with Crippen molar-refractivity contribution < 1.29 is 4.74 Å². The van der Waals surface area contributed by atoms with Crippen LogP contribution >= 0.6 is 0 Å². The van der Waals surface area contributed by atoms with Crippen molar-refractivity contribution in [3.8, 4) is 0 Å². The fourth-order valence-corrected chi connectivity index (χ4v) is 2.48.